The Kier molecular flexibility index (Phi) is 3.23. The van der Waals surface area contributed by atoms with E-state index in [1.165, 1.54) is 0 Å². The largest absolute Gasteiger partial charge is 0.464 e. The number of hydrogen-bond donors (Lipinski definition) is 2. The van der Waals surface area contributed by atoms with Crippen molar-refractivity contribution in [2.75, 3.05) is 13.2 Å². The van der Waals surface area contributed by atoms with Gasteiger partial charge in [0.15, 0.2) is 12.1 Å². The Morgan fingerprint density at radius 1 is 1.15 bits per heavy atom. The minimum Gasteiger partial charge on any atom is -0.464 e. The zero-order valence-corrected chi connectivity index (χ0v) is 15.1. The van der Waals surface area contributed by atoms with Crippen LogP contribution >= 0.6 is 0 Å². The summed E-state index contributed by atoms with van der Waals surface area (Å²) in [7, 11) is 0. The molecule has 8 atom stereocenters. The molecule has 2 spiro atoms. The highest BCUT2D eigenvalue weighted by atomic mass is 16.6. The summed E-state index contributed by atoms with van der Waals surface area (Å²) in [6.07, 6.45) is 1.63. The van der Waals surface area contributed by atoms with Crippen LogP contribution in [-0.4, -0.2) is 47.6 Å². The highest BCUT2D eigenvalue weighted by Crippen LogP contribution is 2.69. The molecule has 5 fully saturated rings. The van der Waals surface area contributed by atoms with Crippen molar-refractivity contribution >= 4 is 11.8 Å². The maximum atomic E-state index is 13.2. The van der Waals surface area contributed by atoms with Crippen LogP contribution in [-0.2, 0) is 19.1 Å². The molecule has 0 aromatic carbocycles. The zero-order valence-electron chi connectivity index (χ0n) is 15.1. The Morgan fingerprint density at radius 2 is 1.92 bits per heavy atom. The maximum Gasteiger partial charge on any atom is 0.320 e. The lowest BCUT2D eigenvalue weighted by Crippen LogP contribution is -2.67. The summed E-state index contributed by atoms with van der Waals surface area (Å²) >= 11 is 0. The van der Waals surface area contributed by atoms with Gasteiger partial charge in [-0.3, -0.25) is 9.59 Å². The number of ketones is 1. The van der Waals surface area contributed by atoms with E-state index < -0.39 is 35.1 Å². The van der Waals surface area contributed by atoms with Crippen molar-refractivity contribution in [3.8, 4) is 0 Å². The molecule has 2 N–H and O–H groups in total. The van der Waals surface area contributed by atoms with E-state index in [2.05, 4.69) is 13.5 Å². The first kappa shape index (κ1) is 16.9. The van der Waals surface area contributed by atoms with Gasteiger partial charge < -0.3 is 19.7 Å². The fraction of sp³-hybridized carbons (Fsp3) is 0.800. The number of Topliss-reactive ketones (excluding diaryl/α,β-unsaturated/α-hetero) is 1. The first-order valence-electron chi connectivity index (χ1n) is 9.65. The van der Waals surface area contributed by atoms with Gasteiger partial charge in [-0.2, -0.15) is 0 Å². The molecular weight excluding hydrogens is 336 g/mol. The number of carbonyl (C=O) groups excluding carboxylic acids is 2. The summed E-state index contributed by atoms with van der Waals surface area (Å²) in [5.74, 6) is -1.72. The molecule has 26 heavy (non-hydrogen) atoms. The number of fused-ring (bicyclic) bond motifs is 4. The molecule has 0 radical (unpaired) electrons. The van der Waals surface area contributed by atoms with Crippen LogP contribution in [0.15, 0.2) is 12.2 Å². The number of hydrogen-bond acceptors (Lipinski definition) is 6. The van der Waals surface area contributed by atoms with E-state index in [-0.39, 0.29) is 29.6 Å². The van der Waals surface area contributed by atoms with E-state index in [4.69, 9.17) is 9.47 Å². The van der Waals surface area contributed by atoms with Crippen LogP contribution in [0.4, 0.5) is 0 Å². The number of rotatable bonds is 0. The predicted molar refractivity (Wildman–Crippen MR) is 89.6 cm³/mol. The molecule has 142 valence electrons. The van der Waals surface area contributed by atoms with Gasteiger partial charge in [-0.25, -0.2) is 0 Å². The van der Waals surface area contributed by atoms with Crippen LogP contribution in [0.25, 0.3) is 0 Å². The van der Waals surface area contributed by atoms with E-state index in [1.54, 1.807) is 0 Å². The van der Waals surface area contributed by atoms with Gasteiger partial charge in [0.05, 0.1) is 19.3 Å². The quantitative estimate of drug-likeness (QED) is 0.382. The number of allylic oxidation sites excluding steroid dienone is 1. The molecule has 0 aromatic heterocycles. The third-order valence-corrected chi connectivity index (χ3v) is 8.28. The molecule has 2 bridgehead atoms. The minimum absolute atomic E-state index is 0.139. The first-order valence-corrected chi connectivity index (χ1v) is 9.65. The number of aliphatic hydroxyl groups excluding tert-OH is 2. The molecule has 3 saturated carbocycles. The molecule has 2 unspecified atom stereocenters. The molecule has 5 rings (SSSR count). The smallest absolute Gasteiger partial charge is 0.320 e. The maximum absolute atomic E-state index is 13.2. The van der Waals surface area contributed by atoms with E-state index >= 15 is 0 Å². The number of ether oxygens (including phenoxy) is 2. The predicted octanol–water partition coefficient (Wildman–Crippen LogP) is 1.20. The van der Waals surface area contributed by atoms with E-state index in [1.807, 2.05) is 0 Å². The average Bonchev–Trinajstić information content (AvgIpc) is 3.01. The molecule has 2 heterocycles. The standard InChI is InChI=1S/C20H26O6/c1-10-11-6-12(21)13-19(9-26-17(24)20(13,7-11)15(10)22)5-3-4-18(2)8-25-16(23)14(18)19/h11-14,16,21,23H,1,3-9H2,2H3/t11-,12-,13?,14?,16+,18+,19-,20+/m1/s1. The van der Waals surface area contributed by atoms with Crippen LogP contribution in [0.2, 0.25) is 0 Å². The normalized spacial score (nSPS) is 55.7. The van der Waals surface area contributed by atoms with E-state index in [0.717, 1.165) is 19.3 Å². The lowest BCUT2D eigenvalue weighted by atomic mass is 9.44. The van der Waals surface area contributed by atoms with Crippen molar-refractivity contribution in [1.29, 1.82) is 0 Å². The Labute approximate surface area is 152 Å². The second-order valence-corrected chi connectivity index (χ2v) is 9.50. The summed E-state index contributed by atoms with van der Waals surface area (Å²) in [6.45, 7) is 6.61. The van der Waals surface area contributed by atoms with Gasteiger partial charge >= 0.3 is 5.97 Å². The van der Waals surface area contributed by atoms with Gasteiger partial charge in [-0.1, -0.05) is 19.9 Å². The number of cyclic esters (lactones) is 1. The van der Waals surface area contributed by atoms with Crippen molar-refractivity contribution in [1.82, 2.24) is 0 Å². The van der Waals surface area contributed by atoms with Crippen molar-refractivity contribution in [2.24, 2.45) is 34.0 Å². The Morgan fingerprint density at radius 3 is 2.69 bits per heavy atom. The minimum atomic E-state index is -1.34. The fourth-order valence-electron chi connectivity index (χ4n) is 7.42. The van der Waals surface area contributed by atoms with Gasteiger partial charge in [0.2, 0.25) is 0 Å². The topological polar surface area (TPSA) is 93.1 Å². The highest BCUT2D eigenvalue weighted by molar-refractivity contribution is 6.15. The Balaban J connectivity index is 1.70. The third kappa shape index (κ3) is 1.69. The zero-order chi connectivity index (χ0) is 18.5. The monoisotopic (exact) mass is 362 g/mol. The van der Waals surface area contributed by atoms with Crippen LogP contribution in [0, 0.1) is 34.0 Å². The van der Waals surface area contributed by atoms with Crippen molar-refractivity contribution < 1.29 is 29.3 Å². The highest BCUT2D eigenvalue weighted by Gasteiger charge is 2.75. The average molecular weight is 362 g/mol. The van der Waals surface area contributed by atoms with Crippen LogP contribution in [0.3, 0.4) is 0 Å². The van der Waals surface area contributed by atoms with Gasteiger partial charge in [-0.05, 0) is 42.6 Å². The summed E-state index contributed by atoms with van der Waals surface area (Å²) in [5.41, 5.74) is -1.76. The van der Waals surface area contributed by atoms with Crippen LogP contribution < -0.4 is 0 Å². The first-order chi connectivity index (χ1) is 12.3. The van der Waals surface area contributed by atoms with Crippen LogP contribution in [0.5, 0.6) is 0 Å². The summed E-state index contributed by atoms with van der Waals surface area (Å²) in [5, 5.41) is 21.8. The number of esters is 1. The second kappa shape index (κ2) is 4.97. The molecule has 6 heteroatoms. The van der Waals surface area contributed by atoms with Crippen LogP contribution in [0.1, 0.15) is 39.0 Å². The van der Waals surface area contributed by atoms with Gasteiger partial charge in [-0.15, -0.1) is 0 Å². The molecule has 5 aliphatic rings. The molecule has 2 saturated heterocycles. The molecule has 6 nitrogen and oxygen atoms in total. The molecule has 0 amide bonds. The SMILES string of the molecule is C=C1C(=O)[C@]23C[C@H]1C[C@@H](O)C2[C@@]1(CCC[C@@]2(C)CO[C@H](O)C21)COC3=O. The van der Waals surface area contributed by atoms with E-state index in [0.29, 0.717) is 25.0 Å². The third-order valence-electron chi connectivity index (χ3n) is 8.28. The van der Waals surface area contributed by atoms with Gasteiger partial charge in [0.25, 0.3) is 0 Å². The summed E-state index contributed by atoms with van der Waals surface area (Å²) in [6, 6.07) is 0. The summed E-state index contributed by atoms with van der Waals surface area (Å²) in [4.78, 5) is 26.1. The lowest BCUT2D eigenvalue weighted by Gasteiger charge is -2.61. The molecule has 2 aliphatic heterocycles. The Hall–Kier alpha value is -1.24. The number of carbonyl (C=O) groups is 2. The fourth-order valence-corrected chi connectivity index (χ4v) is 7.42. The second-order valence-electron chi connectivity index (χ2n) is 9.50. The van der Waals surface area contributed by atoms with Gasteiger partial charge in [0.1, 0.15) is 5.41 Å². The van der Waals surface area contributed by atoms with E-state index in [9.17, 15) is 19.8 Å². The molecular formula is C20H26O6. The van der Waals surface area contributed by atoms with Crippen molar-refractivity contribution in [2.45, 2.75) is 51.4 Å². The molecule has 0 aromatic rings. The molecule has 3 aliphatic carbocycles. The van der Waals surface area contributed by atoms with Crippen molar-refractivity contribution in [3.63, 3.8) is 0 Å². The van der Waals surface area contributed by atoms with Crippen molar-refractivity contribution in [3.05, 3.63) is 12.2 Å². The summed E-state index contributed by atoms with van der Waals surface area (Å²) < 4.78 is 11.3. The Bertz CT molecular complexity index is 713. The lowest BCUT2D eigenvalue weighted by molar-refractivity contribution is -0.241. The van der Waals surface area contributed by atoms with Gasteiger partial charge in [0, 0.05) is 17.3 Å². The number of aliphatic hydroxyl groups is 2.